The van der Waals surface area contributed by atoms with Crippen LogP contribution in [0.25, 0.3) is 0 Å². The Labute approximate surface area is 116 Å². The van der Waals surface area contributed by atoms with E-state index in [4.69, 9.17) is 23.2 Å². The van der Waals surface area contributed by atoms with Crippen LogP contribution in [-0.2, 0) is 4.79 Å². The molecule has 18 heavy (non-hydrogen) atoms. The molecule has 0 atom stereocenters. The van der Waals surface area contributed by atoms with E-state index in [1.54, 1.807) is 11.9 Å². The lowest BCUT2D eigenvalue weighted by atomic mass is 10.2. The molecule has 0 aliphatic heterocycles. The first-order valence-electron chi connectivity index (χ1n) is 5.43. The number of amides is 1. The van der Waals surface area contributed by atoms with E-state index in [0.717, 1.165) is 0 Å². The van der Waals surface area contributed by atoms with Crippen LogP contribution in [0.2, 0.25) is 10.6 Å². The fourth-order valence-corrected chi connectivity index (χ4v) is 1.50. The van der Waals surface area contributed by atoms with Gasteiger partial charge in [0.15, 0.2) is 0 Å². The average molecular weight is 292 g/mol. The van der Waals surface area contributed by atoms with E-state index in [1.165, 1.54) is 0 Å². The van der Waals surface area contributed by atoms with Crippen molar-refractivity contribution in [1.82, 2.24) is 20.3 Å². The summed E-state index contributed by atoms with van der Waals surface area (Å²) in [5, 5.41) is 2.79. The van der Waals surface area contributed by atoms with Gasteiger partial charge in [0.2, 0.25) is 22.4 Å². The van der Waals surface area contributed by atoms with Crippen molar-refractivity contribution >= 4 is 35.1 Å². The predicted molar refractivity (Wildman–Crippen MR) is 71.0 cm³/mol. The number of hydrogen-bond acceptors (Lipinski definition) is 5. The lowest BCUT2D eigenvalue weighted by molar-refractivity contribution is -0.119. The summed E-state index contributed by atoms with van der Waals surface area (Å²) in [4.78, 5) is 24.6. The quantitative estimate of drug-likeness (QED) is 0.888. The fraction of sp³-hybridized carbons (Fsp3) is 0.600. The van der Waals surface area contributed by atoms with Crippen LogP contribution in [0.15, 0.2) is 0 Å². The van der Waals surface area contributed by atoms with Crippen LogP contribution in [0.4, 0.5) is 5.95 Å². The van der Waals surface area contributed by atoms with E-state index in [1.807, 2.05) is 13.8 Å². The van der Waals surface area contributed by atoms with Gasteiger partial charge >= 0.3 is 0 Å². The molecule has 8 heteroatoms. The highest BCUT2D eigenvalue weighted by Crippen LogP contribution is 2.12. The third kappa shape index (κ3) is 5.01. The molecule has 6 nitrogen and oxygen atoms in total. The van der Waals surface area contributed by atoms with Gasteiger partial charge in [-0.15, -0.1) is 0 Å². The van der Waals surface area contributed by atoms with Gasteiger partial charge in [-0.05, 0) is 29.1 Å². The van der Waals surface area contributed by atoms with E-state index in [-0.39, 0.29) is 29.0 Å². The van der Waals surface area contributed by atoms with Crippen molar-refractivity contribution in [3.8, 4) is 0 Å². The molecule has 0 fully saturated rings. The number of halogens is 2. The topological polar surface area (TPSA) is 71.0 Å². The minimum absolute atomic E-state index is 0.000520. The van der Waals surface area contributed by atoms with Crippen LogP contribution in [0, 0.1) is 5.92 Å². The maximum absolute atomic E-state index is 11.6. The van der Waals surface area contributed by atoms with Gasteiger partial charge in [0.05, 0.1) is 6.54 Å². The summed E-state index contributed by atoms with van der Waals surface area (Å²) in [7, 11) is 1.68. The molecule has 100 valence electrons. The minimum Gasteiger partial charge on any atom is -0.354 e. The second-order valence-electron chi connectivity index (χ2n) is 4.23. The fourth-order valence-electron chi connectivity index (χ4n) is 1.15. The molecular formula is C10H15Cl2N5O. The van der Waals surface area contributed by atoms with Gasteiger partial charge < -0.3 is 10.2 Å². The summed E-state index contributed by atoms with van der Waals surface area (Å²) < 4.78 is 0. The number of hydrogen-bond donors (Lipinski definition) is 1. The van der Waals surface area contributed by atoms with Crippen LogP contribution in [-0.4, -0.2) is 41.0 Å². The first kappa shape index (κ1) is 14.9. The number of carbonyl (C=O) groups excluding carboxylic acids is 1. The highest BCUT2D eigenvalue weighted by atomic mass is 35.5. The molecule has 0 spiro atoms. The Balaban J connectivity index is 2.59. The molecule has 0 unspecified atom stereocenters. The monoisotopic (exact) mass is 291 g/mol. The molecule has 0 saturated heterocycles. The zero-order valence-corrected chi connectivity index (χ0v) is 12.0. The number of anilines is 1. The number of aromatic nitrogens is 3. The van der Waals surface area contributed by atoms with Gasteiger partial charge in [0.25, 0.3) is 0 Å². The van der Waals surface area contributed by atoms with Crippen molar-refractivity contribution in [2.45, 2.75) is 13.8 Å². The lowest BCUT2D eigenvalue weighted by Gasteiger charge is -2.17. The van der Waals surface area contributed by atoms with Crippen molar-refractivity contribution in [3.05, 3.63) is 10.6 Å². The van der Waals surface area contributed by atoms with Gasteiger partial charge in [-0.3, -0.25) is 4.79 Å². The van der Waals surface area contributed by atoms with Crippen molar-refractivity contribution in [3.63, 3.8) is 0 Å². The maximum Gasteiger partial charge on any atom is 0.239 e. The predicted octanol–water partition coefficient (Wildman–Crippen LogP) is 1.39. The number of nitrogens with zero attached hydrogens (tertiary/aromatic N) is 4. The molecule has 0 aliphatic carbocycles. The number of carbonyl (C=O) groups is 1. The van der Waals surface area contributed by atoms with E-state index < -0.39 is 0 Å². The van der Waals surface area contributed by atoms with Crippen molar-refractivity contribution in [2.24, 2.45) is 5.92 Å². The van der Waals surface area contributed by atoms with Gasteiger partial charge in [-0.1, -0.05) is 13.8 Å². The SMILES string of the molecule is CC(C)CNC(=O)CN(C)c1nc(Cl)nc(Cl)n1. The molecule has 1 heterocycles. The maximum atomic E-state index is 11.6. The smallest absolute Gasteiger partial charge is 0.239 e. The zero-order valence-electron chi connectivity index (χ0n) is 10.4. The molecule has 1 aromatic heterocycles. The first-order chi connectivity index (χ1) is 8.38. The highest BCUT2D eigenvalue weighted by Gasteiger charge is 2.12. The summed E-state index contributed by atoms with van der Waals surface area (Å²) in [6.07, 6.45) is 0. The molecule has 0 radical (unpaired) electrons. The molecule has 1 amide bonds. The molecule has 0 bridgehead atoms. The third-order valence-electron chi connectivity index (χ3n) is 2.00. The Bertz CT molecular complexity index is 406. The van der Waals surface area contributed by atoms with Crippen LogP contribution in [0.5, 0.6) is 0 Å². The summed E-state index contributed by atoms with van der Waals surface area (Å²) in [6.45, 7) is 4.81. The van der Waals surface area contributed by atoms with Crippen molar-refractivity contribution in [1.29, 1.82) is 0 Å². The van der Waals surface area contributed by atoms with Crippen molar-refractivity contribution < 1.29 is 4.79 Å². The molecule has 0 saturated carbocycles. The zero-order chi connectivity index (χ0) is 13.7. The van der Waals surface area contributed by atoms with Crippen LogP contribution in [0.3, 0.4) is 0 Å². The molecule has 1 rings (SSSR count). The Kier molecular flexibility index (Phi) is 5.55. The van der Waals surface area contributed by atoms with E-state index in [0.29, 0.717) is 12.5 Å². The lowest BCUT2D eigenvalue weighted by Crippen LogP contribution is -2.37. The molecule has 1 N–H and O–H groups in total. The van der Waals surface area contributed by atoms with Gasteiger partial charge in [0, 0.05) is 13.6 Å². The summed E-state index contributed by atoms with van der Waals surface area (Å²) in [6, 6.07) is 0. The second-order valence-corrected chi connectivity index (χ2v) is 4.90. The summed E-state index contributed by atoms with van der Waals surface area (Å²) >= 11 is 11.3. The minimum atomic E-state index is -0.112. The summed E-state index contributed by atoms with van der Waals surface area (Å²) in [5.41, 5.74) is 0. The first-order valence-corrected chi connectivity index (χ1v) is 6.19. The Morgan fingerprint density at radius 3 is 2.33 bits per heavy atom. The van der Waals surface area contributed by atoms with Gasteiger partial charge in [-0.2, -0.15) is 15.0 Å². The number of rotatable bonds is 5. The number of nitrogens with one attached hydrogen (secondary N) is 1. The van der Waals surface area contributed by atoms with E-state index in [9.17, 15) is 4.79 Å². The van der Waals surface area contributed by atoms with E-state index in [2.05, 4.69) is 20.3 Å². The standard InChI is InChI=1S/C10H15Cl2N5O/c1-6(2)4-13-7(18)5-17(3)10-15-8(11)14-9(12)16-10/h6H,4-5H2,1-3H3,(H,13,18). The Hall–Kier alpha value is -1.14. The highest BCUT2D eigenvalue weighted by molar-refractivity contribution is 6.31. The third-order valence-corrected chi connectivity index (χ3v) is 2.34. The van der Waals surface area contributed by atoms with Gasteiger partial charge in [0.1, 0.15) is 0 Å². The normalized spacial score (nSPS) is 10.6. The van der Waals surface area contributed by atoms with Gasteiger partial charge in [-0.25, -0.2) is 0 Å². The summed E-state index contributed by atoms with van der Waals surface area (Å²) in [5.74, 6) is 0.555. The molecule has 0 aromatic carbocycles. The van der Waals surface area contributed by atoms with Crippen LogP contribution in [0.1, 0.15) is 13.8 Å². The Morgan fingerprint density at radius 1 is 1.28 bits per heavy atom. The molecule has 1 aromatic rings. The molecule has 0 aliphatic rings. The second kappa shape index (κ2) is 6.70. The van der Waals surface area contributed by atoms with Crippen LogP contribution >= 0.6 is 23.2 Å². The largest absolute Gasteiger partial charge is 0.354 e. The van der Waals surface area contributed by atoms with Crippen LogP contribution < -0.4 is 10.2 Å². The Morgan fingerprint density at radius 2 is 1.83 bits per heavy atom. The van der Waals surface area contributed by atoms with E-state index >= 15 is 0 Å². The van der Waals surface area contributed by atoms with Crippen molar-refractivity contribution in [2.75, 3.05) is 25.0 Å². The average Bonchev–Trinajstić information content (AvgIpc) is 2.25. The number of likely N-dealkylation sites (N-methyl/N-ethyl adjacent to an activating group) is 1. The molecular weight excluding hydrogens is 277 g/mol.